The highest BCUT2D eigenvalue weighted by Crippen LogP contribution is 2.27. The molecule has 1 aromatic heterocycles. The Labute approximate surface area is 172 Å². The van der Waals surface area contributed by atoms with Gasteiger partial charge in [-0.25, -0.2) is 8.42 Å². The summed E-state index contributed by atoms with van der Waals surface area (Å²) in [6, 6.07) is 7.62. The van der Waals surface area contributed by atoms with E-state index in [1.165, 1.54) is 5.56 Å². The number of benzene rings is 1. The number of hydrogen-bond acceptors (Lipinski definition) is 5. The van der Waals surface area contributed by atoms with Crippen molar-refractivity contribution in [2.24, 2.45) is 0 Å². The minimum Gasteiger partial charge on any atom is -0.484 e. The van der Waals surface area contributed by atoms with Crippen LogP contribution < -0.4 is 4.74 Å². The summed E-state index contributed by atoms with van der Waals surface area (Å²) < 4.78 is 31.0. The maximum absolute atomic E-state index is 12.5. The van der Waals surface area contributed by atoms with E-state index in [2.05, 4.69) is 12.0 Å². The molecule has 2 heterocycles. The van der Waals surface area contributed by atoms with Crippen LogP contribution >= 0.6 is 0 Å². The quantitative estimate of drug-likeness (QED) is 0.689. The number of sulfone groups is 1. The molecule has 0 N–H and O–H groups in total. The lowest BCUT2D eigenvalue weighted by Gasteiger charge is -2.18. The zero-order chi connectivity index (χ0) is 21.2. The van der Waals surface area contributed by atoms with E-state index in [1.54, 1.807) is 11.9 Å². The van der Waals surface area contributed by atoms with Gasteiger partial charge in [-0.1, -0.05) is 19.1 Å². The smallest absolute Gasteiger partial charge is 0.260 e. The van der Waals surface area contributed by atoms with Crippen LogP contribution in [-0.4, -0.2) is 54.2 Å². The highest BCUT2D eigenvalue weighted by atomic mass is 32.2. The van der Waals surface area contributed by atoms with Crippen molar-refractivity contribution in [2.75, 3.05) is 25.2 Å². The number of amides is 1. The molecule has 1 amide bonds. The number of aryl methyl sites for hydroxylation is 2. The summed E-state index contributed by atoms with van der Waals surface area (Å²) in [6.45, 7) is 6.30. The van der Waals surface area contributed by atoms with Crippen molar-refractivity contribution < 1.29 is 17.9 Å². The van der Waals surface area contributed by atoms with Crippen LogP contribution in [0.4, 0.5) is 0 Å². The lowest BCUT2D eigenvalue weighted by molar-refractivity contribution is -0.132. The van der Waals surface area contributed by atoms with Gasteiger partial charge in [-0.05, 0) is 44.4 Å². The third-order valence-electron chi connectivity index (χ3n) is 5.54. The maximum atomic E-state index is 12.5. The second-order valence-corrected chi connectivity index (χ2v) is 9.92. The zero-order valence-corrected chi connectivity index (χ0v) is 18.3. The van der Waals surface area contributed by atoms with Crippen LogP contribution in [0.25, 0.3) is 0 Å². The van der Waals surface area contributed by atoms with E-state index in [9.17, 15) is 13.2 Å². The molecule has 158 valence electrons. The van der Waals surface area contributed by atoms with Gasteiger partial charge >= 0.3 is 0 Å². The molecule has 0 spiro atoms. The highest BCUT2D eigenvalue weighted by molar-refractivity contribution is 7.91. The first-order valence-electron chi connectivity index (χ1n) is 9.91. The van der Waals surface area contributed by atoms with Crippen molar-refractivity contribution in [3.63, 3.8) is 0 Å². The molecule has 1 saturated heterocycles. The van der Waals surface area contributed by atoms with Crippen LogP contribution in [0.1, 0.15) is 41.9 Å². The SMILES string of the molecule is CCc1ccc(OCC(=O)N(C)Cc2c(C)nn([C@H]3CCS(=O)(=O)C3)c2C)cc1. The Hall–Kier alpha value is -2.35. The Morgan fingerprint density at radius 3 is 2.55 bits per heavy atom. The van der Waals surface area contributed by atoms with Crippen LogP contribution in [0.2, 0.25) is 0 Å². The molecule has 0 aliphatic carbocycles. The van der Waals surface area contributed by atoms with Crippen LogP contribution in [0, 0.1) is 13.8 Å². The van der Waals surface area contributed by atoms with Gasteiger partial charge in [-0.15, -0.1) is 0 Å². The average molecular weight is 420 g/mol. The molecule has 0 radical (unpaired) electrons. The number of hydrogen-bond donors (Lipinski definition) is 0. The van der Waals surface area contributed by atoms with Crippen molar-refractivity contribution >= 4 is 15.7 Å². The number of carbonyl (C=O) groups excluding carboxylic acids is 1. The molecule has 0 unspecified atom stereocenters. The number of nitrogens with zero attached hydrogens (tertiary/aromatic N) is 3. The highest BCUT2D eigenvalue weighted by Gasteiger charge is 2.31. The summed E-state index contributed by atoms with van der Waals surface area (Å²) >= 11 is 0. The fraction of sp³-hybridized carbons (Fsp3) is 0.524. The number of likely N-dealkylation sites (N-methyl/N-ethyl adjacent to an activating group) is 1. The lowest BCUT2D eigenvalue weighted by Crippen LogP contribution is -2.31. The van der Waals surface area contributed by atoms with Crippen molar-refractivity contribution in [3.05, 3.63) is 46.8 Å². The molecular formula is C21H29N3O4S. The Morgan fingerprint density at radius 1 is 1.28 bits per heavy atom. The minimum absolute atomic E-state index is 0.0327. The number of carbonyl (C=O) groups is 1. The van der Waals surface area contributed by atoms with Crippen LogP contribution in [0.15, 0.2) is 24.3 Å². The van der Waals surface area contributed by atoms with Crippen molar-refractivity contribution in [3.8, 4) is 5.75 Å². The lowest BCUT2D eigenvalue weighted by atomic mass is 10.1. The maximum Gasteiger partial charge on any atom is 0.260 e. The number of aromatic nitrogens is 2. The van der Waals surface area contributed by atoms with Crippen LogP contribution in [0.3, 0.4) is 0 Å². The molecular weight excluding hydrogens is 390 g/mol. The summed E-state index contributed by atoms with van der Waals surface area (Å²) in [6.07, 6.45) is 1.55. The monoisotopic (exact) mass is 419 g/mol. The van der Waals surface area contributed by atoms with Gasteiger partial charge in [0.25, 0.3) is 5.91 Å². The second kappa shape index (κ2) is 8.57. The molecule has 8 heteroatoms. The van der Waals surface area contributed by atoms with Gasteiger partial charge in [0.15, 0.2) is 16.4 Å². The molecule has 1 aromatic carbocycles. The van der Waals surface area contributed by atoms with E-state index in [-0.39, 0.29) is 30.1 Å². The molecule has 29 heavy (non-hydrogen) atoms. The number of rotatable bonds is 7. The standard InChI is InChI=1S/C21H29N3O4S/c1-5-17-6-8-19(9-7-17)28-13-21(25)23(4)12-20-15(2)22-24(16(20)3)18-10-11-29(26,27)14-18/h6-9,18H,5,10-14H2,1-4H3/t18-/m0/s1. The predicted octanol–water partition coefficient (Wildman–Crippen LogP) is 2.46. The van der Waals surface area contributed by atoms with Crippen molar-refractivity contribution in [1.29, 1.82) is 0 Å². The molecule has 1 atom stereocenters. The van der Waals surface area contributed by atoms with Crippen LogP contribution in [-0.2, 0) is 27.6 Å². The summed E-state index contributed by atoms with van der Waals surface area (Å²) in [4.78, 5) is 14.1. The summed E-state index contributed by atoms with van der Waals surface area (Å²) in [7, 11) is -1.24. The van der Waals surface area contributed by atoms with Gasteiger partial charge in [0, 0.05) is 24.8 Å². The van der Waals surface area contributed by atoms with E-state index in [0.717, 1.165) is 23.4 Å². The molecule has 1 aliphatic heterocycles. The molecule has 1 aliphatic rings. The fourth-order valence-corrected chi connectivity index (χ4v) is 5.34. The average Bonchev–Trinajstić information content (AvgIpc) is 3.19. The molecule has 0 bridgehead atoms. The first kappa shape index (κ1) is 21.4. The van der Waals surface area contributed by atoms with Crippen LogP contribution in [0.5, 0.6) is 5.75 Å². The third-order valence-corrected chi connectivity index (χ3v) is 7.29. The van der Waals surface area contributed by atoms with E-state index in [4.69, 9.17) is 4.74 Å². The molecule has 7 nitrogen and oxygen atoms in total. The summed E-state index contributed by atoms with van der Waals surface area (Å²) in [5, 5.41) is 4.56. The van der Waals surface area contributed by atoms with Gasteiger partial charge in [0.1, 0.15) is 5.75 Å². The van der Waals surface area contributed by atoms with Gasteiger partial charge in [0.2, 0.25) is 0 Å². The number of ether oxygens (including phenoxy) is 1. The first-order valence-corrected chi connectivity index (χ1v) is 11.7. The van der Waals surface area contributed by atoms with Gasteiger partial charge in [-0.3, -0.25) is 9.48 Å². The Morgan fingerprint density at radius 2 is 1.97 bits per heavy atom. The predicted molar refractivity (Wildman–Crippen MR) is 112 cm³/mol. The molecule has 2 aromatic rings. The van der Waals surface area contributed by atoms with E-state index >= 15 is 0 Å². The second-order valence-electron chi connectivity index (χ2n) is 7.69. The van der Waals surface area contributed by atoms with Gasteiger partial charge < -0.3 is 9.64 Å². The van der Waals surface area contributed by atoms with Gasteiger partial charge in [0.05, 0.1) is 23.2 Å². The molecule has 0 saturated carbocycles. The Bertz CT molecular complexity index is 980. The van der Waals surface area contributed by atoms with E-state index in [1.807, 2.05) is 42.8 Å². The van der Waals surface area contributed by atoms with Crippen molar-refractivity contribution in [2.45, 2.75) is 46.2 Å². The third kappa shape index (κ3) is 4.98. The van der Waals surface area contributed by atoms with Crippen molar-refractivity contribution in [1.82, 2.24) is 14.7 Å². The Kier molecular flexibility index (Phi) is 6.31. The normalized spacial score (nSPS) is 18.0. The molecule has 3 rings (SSSR count). The first-order chi connectivity index (χ1) is 13.7. The largest absolute Gasteiger partial charge is 0.484 e. The summed E-state index contributed by atoms with van der Waals surface area (Å²) in [5.74, 6) is 0.889. The molecule has 1 fully saturated rings. The fourth-order valence-electron chi connectivity index (χ4n) is 3.65. The van der Waals surface area contributed by atoms with E-state index < -0.39 is 9.84 Å². The van der Waals surface area contributed by atoms with Gasteiger partial charge in [-0.2, -0.15) is 5.10 Å². The Balaban J connectivity index is 1.62. The zero-order valence-electron chi connectivity index (χ0n) is 17.5. The van der Waals surface area contributed by atoms with E-state index in [0.29, 0.717) is 18.7 Å². The topological polar surface area (TPSA) is 81.5 Å². The summed E-state index contributed by atoms with van der Waals surface area (Å²) in [5.41, 5.74) is 3.92. The minimum atomic E-state index is -2.98.